The number of nitrogens with zero attached hydrogens (tertiary/aromatic N) is 1. The fourth-order valence-electron chi connectivity index (χ4n) is 1.55. The average molecular weight is 219 g/mol. The molecule has 1 nitrogen and oxygen atoms in total. The fraction of sp³-hybridized carbons (Fsp3) is 0.667. The first-order valence-electron chi connectivity index (χ1n) is 6.31. The highest BCUT2D eigenvalue weighted by Gasteiger charge is 2.24. The van der Waals surface area contributed by atoms with Crippen LogP contribution in [-0.2, 0) is 10.8 Å². The van der Waals surface area contributed by atoms with Crippen molar-refractivity contribution >= 4 is 0 Å². The second-order valence-corrected chi connectivity index (χ2v) is 5.88. The van der Waals surface area contributed by atoms with Crippen LogP contribution >= 0.6 is 0 Å². The van der Waals surface area contributed by atoms with E-state index in [0.29, 0.717) is 0 Å². The van der Waals surface area contributed by atoms with E-state index in [9.17, 15) is 0 Å². The van der Waals surface area contributed by atoms with Crippen molar-refractivity contribution in [1.82, 2.24) is 4.98 Å². The van der Waals surface area contributed by atoms with E-state index in [1.807, 2.05) is 0 Å². The number of aromatic nitrogens is 1. The van der Waals surface area contributed by atoms with Crippen LogP contribution in [0.3, 0.4) is 0 Å². The first-order chi connectivity index (χ1) is 7.33. The molecular weight excluding hydrogens is 194 g/mol. The Hall–Kier alpha value is -0.850. The van der Waals surface area contributed by atoms with Gasteiger partial charge in [-0.3, -0.25) is 4.98 Å². The lowest BCUT2D eigenvalue weighted by Crippen LogP contribution is -2.22. The first-order valence-corrected chi connectivity index (χ1v) is 6.31. The third kappa shape index (κ3) is 2.63. The Balaban J connectivity index is 3.14. The normalized spacial score (nSPS) is 12.9. The lowest BCUT2D eigenvalue weighted by molar-refractivity contribution is 0.460. The van der Waals surface area contributed by atoms with Gasteiger partial charge in [0.25, 0.3) is 0 Å². The monoisotopic (exact) mass is 219 g/mol. The van der Waals surface area contributed by atoms with E-state index >= 15 is 0 Å². The van der Waals surface area contributed by atoms with Gasteiger partial charge in [-0.05, 0) is 25.0 Å². The predicted octanol–water partition coefficient (Wildman–Crippen LogP) is 4.46. The summed E-state index contributed by atoms with van der Waals surface area (Å²) in [6, 6.07) is 6.45. The molecule has 1 heterocycles. The maximum Gasteiger partial charge on any atom is 0.0463 e. The molecule has 0 atom stereocenters. The van der Waals surface area contributed by atoms with Gasteiger partial charge in [0.1, 0.15) is 0 Å². The van der Waals surface area contributed by atoms with Gasteiger partial charge in [0.15, 0.2) is 0 Å². The van der Waals surface area contributed by atoms with Crippen molar-refractivity contribution in [3.63, 3.8) is 0 Å². The second kappa shape index (κ2) is 4.57. The van der Waals surface area contributed by atoms with Crippen molar-refractivity contribution in [2.75, 3.05) is 0 Å². The van der Waals surface area contributed by atoms with Crippen LogP contribution in [0.4, 0.5) is 0 Å². The lowest BCUT2D eigenvalue weighted by atomic mass is 9.83. The number of hydrogen-bond acceptors (Lipinski definition) is 1. The number of pyridine rings is 1. The summed E-state index contributed by atoms with van der Waals surface area (Å²) in [5, 5.41) is 0. The van der Waals surface area contributed by atoms with Gasteiger partial charge in [-0.1, -0.05) is 47.6 Å². The summed E-state index contributed by atoms with van der Waals surface area (Å²) in [5.41, 5.74) is 2.79. The van der Waals surface area contributed by atoms with E-state index in [4.69, 9.17) is 4.98 Å². The smallest absolute Gasteiger partial charge is 0.0463 e. The van der Waals surface area contributed by atoms with E-state index in [-0.39, 0.29) is 10.8 Å². The zero-order valence-corrected chi connectivity index (χ0v) is 11.6. The van der Waals surface area contributed by atoms with Gasteiger partial charge < -0.3 is 0 Å². The molecule has 0 amide bonds. The van der Waals surface area contributed by atoms with Crippen molar-refractivity contribution in [1.29, 1.82) is 0 Å². The summed E-state index contributed by atoms with van der Waals surface area (Å²) in [5.74, 6) is 0. The van der Waals surface area contributed by atoms with Gasteiger partial charge >= 0.3 is 0 Å². The van der Waals surface area contributed by atoms with E-state index < -0.39 is 0 Å². The molecule has 0 radical (unpaired) electrons. The molecule has 0 N–H and O–H groups in total. The molecule has 0 spiro atoms. The molecule has 0 aliphatic heterocycles. The van der Waals surface area contributed by atoms with Crippen LogP contribution in [0.2, 0.25) is 0 Å². The van der Waals surface area contributed by atoms with E-state index in [1.165, 1.54) is 11.4 Å². The molecular formula is C15H25N. The van der Waals surface area contributed by atoms with Crippen molar-refractivity contribution in [3.05, 3.63) is 29.6 Å². The summed E-state index contributed by atoms with van der Waals surface area (Å²) in [7, 11) is 0. The third-order valence-electron chi connectivity index (χ3n) is 3.90. The van der Waals surface area contributed by atoms with Crippen LogP contribution in [0.5, 0.6) is 0 Å². The molecule has 0 saturated carbocycles. The highest BCUT2D eigenvalue weighted by molar-refractivity contribution is 5.22. The Labute approximate surface area is 100 Å². The molecule has 0 aliphatic carbocycles. The van der Waals surface area contributed by atoms with E-state index in [2.05, 4.69) is 59.7 Å². The molecule has 1 heteroatoms. The summed E-state index contributed by atoms with van der Waals surface area (Å²) in [6.45, 7) is 13.5. The molecule has 0 unspecified atom stereocenters. The summed E-state index contributed by atoms with van der Waals surface area (Å²) in [6.07, 6.45) is 2.24. The van der Waals surface area contributed by atoms with Gasteiger partial charge in [-0.15, -0.1) is 0 Å². The Kier molecular flexibility index (Phi) is 3.77. The van der Waals surface area contributed by atoms with Crippen LogP contribution in [-0.4, -0.2) is 4.98 Å². The lowest BCUT2D eigenvalue weighted by Gasteiger charge is -2.27. The first kappa shape index (κ1) is 13.2. The minimum absolute atomic E-state index is 0.180. The van der Waals surface area contributed by atoms with Crippen molar-refractivity contribution in [3.8, 4) is 0 Å². The maximum atomic E-state index is 4.86. The third-order valence-corrected chi connectivity index (χ3v) is 3.90. The van der Waals surface area contributed by atoms with Crippen molar-refractivity contribution in [2.45, 2.75) is 65.2 Å². The molecule has 0 saturated heterocycles. The maximum absolute atomic E-state index is 4.86. The average Bonchev–Trinajstić information content (AvgIpc) is 2.29. The van der Waals surface area contributed by atoms with Crippen molar-refractivity contribution in [2.24, 2.45) is 0 Å². The summed E-state index contributed by atoms with van der Waals surface area (Å²) >= 11 is 0. The standard InChI is InChI=1S/C15H25N/c1-7-14(3,4)12-10-9-11-13(16-12)15(5,6)8-2/h9-11H,7-8H2,1-6H3. The molecule has 1 aromatic rings. The molecule has 1 aromatic heterocycles. The zero-order valence-electron chi connectivity index (χ0n) is 11.6. The fourth-order valence-corrected chi connectivity index (χ4v) is 1.55. The van der Waals surface area contributed by atoms with Crippen LogP contribution in [0.25, 0.3) is 0 Å². The van der Waals surface area contributed by atoms with Crippen LogP contribution < -0.4 is 0 Å². The van der Waals surface area contributed by atoms with Gasteiger partial charge in [0, 0.05) is 22.2 Å². The Morgan fingerprint density at radius 2 is 1.25 bits per heavy atom. The minimum Gasteiger partial charge on any atom is -0.257 e. The van der Waals surface area contributed by atoms with Crippen molar-refractivity contribution < 1.29 is 0 Å². The summed E-state index contributed by atoms with van der Waals surface area (Å²) in [4.78, 5) is 4.86. The second-order valence-electron chi connectivity index (χ2n) is 5.88. The van der Waals surface area contributed by atoms with Gasteiger partial charge in [0.05, 0.1) is 0 Å². The van der Waals surface area contributed by atoms with Crippen LogP contribution in [0.15, 0.2) is 18.2 Å². The molecule has 0 bridgehead atoms. The van der Waals surface area contributed by atoms with Crippen LogP contribution in [0, 0.1) is 0 Å². The molecule has 1 rings (SSSR count). The Morgan fingerprint density at radius 1 is 0.875 bits per heavy atom. The Bertz CT molecular complexity index is 319. The molecule has 0 fully saturated rings. The highest BCUT2D eigenvalue weighted by atomic mass is 14.8. The van der Waals surface area contributed by atoms with Gasteiger partial charge in [0.2, 0.25) is 0 Å². The molecule has 16 heavy (non-hydrogen) atoms. The molecule has 0 aliphatic rings. The quantitative estimate of drug-likeness (QED) is 0.728. The Morgan fingerprint density at radius 3 is 1.56 bits per heavy atom. The zero-order chi connectivity index (χ0) is 12.4. The molecule has 0 aromatic carbocycles. The van der Waals surface area contributed by atoms with E-state index in [0.717, 1.165) is 12.8 Å². The number of hydrogen-bond donors (Lipinski definition) is 0. The van der Waals surface area contributed by atoms with Crippen LogP contribution in [0.1, 0.15) is 65.8 Å². The van der Waals surface area contributed by atoms with Gasteiger partial charge in [-0.25, -0.2) is 0 Å². The summed E-state index contributed by atoms with van der Waals surface area (Å²) < 4.78 is 0. The molecule has 90 valence electrons. The highest BCUT2D eigenvalue weighted by Crippen LogP contribution is 2.29. The minimum atomic E-state index is 0.180. The number of rotatable bonds is 4. The SMILES string of the molecule is CCC(C)(C)c1cccc(C(C)(C)CC)n1. The van der Waals surface area contributed by atoms with Gasteiger partial charge in [-0.2, -0.15) is 0 Å². The predicted molar refractivity (Wildman–Crippen MR) is 70.9 cm³/mol. The van der Waals surface area contributed by atoms with E-state index in [1.54, 1.807) is 0 Å². The largest absolute Gasteiger partial charge is 0.257 e. The topological polar surface area (TPSA) is 12.9 Å².